The number of rotatable bonds is 6. The molecular weight excluding hydrogens is 524 g/mol. The summed E-state index contributed by atoms with van der Waals surface area (Å²) in [5, 5.41) is 6.21. The number of carbonyl (C=O) groups is 3. The van der Waals surface area contributed by atoms with Crippen LogP contribution in [0.1, 0.15) is 38.0 Å². The maximum atomic E-state index is 12.9. The van der Waals surface area contributed by atoms with Crippen LogP contribution in [0, 0.1) is 0 Å². The molecule has 0 atom stereocenters. The smallest absolute Gasteiger partial charge is 0.338 e. The van der Waals surface area contributed by atoms with E-state index in [1.54, 1.807) is 43.3 Å². The Labute approximate surface area is 231 Å². The second-order valence-electron chi connectivity index (χ2n) is 8.52. The minimum Gasteiger partial charge on any atom is -0.462 e. The molecule has 1 aliphatic rings. The van der Waals surface area contributed by atoms with Crippen molar-refractivity contribution in [3.8, 4) is 0 Å². The van der Waals surface area contributed by atoms with Gasteiger partial charge in [-0.15, -0.1) is 0 Å². The van der Waals surface area contributed by atoms with E-state index >= 15 is 0 Å². The van der Waals surface area contributed by atoms with Gasteiger partial charge in [-0.05, 0) is 67.7 Å². The zero-order valence-corrected chi connectivity index (χ0v) is 22.3. The molecular formula is C28H27ClN4O4S. The zero-order valence-electron chi connectivity index (χ0n) is 20.8. The van der Waals surface area contributed by atoms with E-state index in [0.29, 0.717) is 53.6 Å². The summed E-state index contributed by atoms with van der Waals surface area (Å²) in [7, 11) is 0. The first-order chi connectivity index (χ1) is 18.4. The molecule has 0 spiro atoms. The Morgan fingerprint density at radius 1 is 0.895 bits per heavy atom. The molecule has 4 rings (SSSR count). The van der Waals surface area contributed by atoms with Crippen LogP contribution in [0.2, 0.25) is 5.02 Å². The van der Waals surface area contributed by atoms with Gasteiger partial charge in [-0.25, -0.2) is 4.79 Å². The molecule has 0 aromatic heterocycles. The molecule has 1 heterocycles. The fraction of sp³-hybridized carbons (Fsp3) is 0.214. The lowest BCUT2D eigenvalue weighted by molar-refractivity contribution is 0.0526. The molecule has 8 nitrogen and oxygen atoms in total. The van der Waals surface area contributed by atoms with Crippen LogP contribution in [0.4, 0.5) is 11.4 Å². The topological polar surface area (TPSA) is 91.0 Å². The predicted molar refractivity (Wildman–Crippen MR) is 152 cm³/mol. The molecule has 3 aromatic carbocycles. The van der Waals surface area contributed by atoms with E-state index in [-0.39, 0.29) is 17.6 Å². The molecule has 1 fully saturated rings. The van der Waals surface area contributed by atoms with Gasteiger partial charge in [0.2, 0.25) is 0 Å². The van der Waals surface area contributed by atoms with Gasteiger partial charge < -0.3 is 19.9 Å². The van der Waals surface area contributed by atoms with Crippen molar-refractivity contribution < 1.29 is 19.1 Å². The van der Waals surface area contributed by atoms with Gasteiger partial charge in [0.15, 0.2) is 5.11 Å². The van der Waals surface area contributed by atoms with E-state index in [1.165, 1.54) is 0 Å². The van der Waals surface area contributed by atoms with Gasteiger partial charge in [0.1, 0.15) is 0 Å². The Morgan fingerprint density at radius 2 is 1.61 bits per heavy atom. The molecule has 1 aliphatic heterocycles. The number of amides is 2. The lowest BCUT2D eigenvalue weighted by Crippen LogP contribution is -2.49. The second kappa shape index (κ2) is 12.5. The number of hydrogen-bond acceptors (Lipinski definition) is 6. The normalized spacial score (nSPS) is 13.0. The lowest BCUT2D eigenvalue weighted by atomic mass is 10.1. The number of hydrogen-bond donors (Lipinski definition) is 2. The van der Waals surface area contributed by atoms with Crippen LogP contribution in [-0.2, 0) is 4.74 Å². The monoisotopic (exact) mass is 550 g/mol. The fourth-order valence-corrected chi connectivity index (χ4v) is 4.52. The van der Waals surface area contributed by atoms with Crippen LogP contribution >= 0.6 is 23.8 Å². The molecule has 0 aliphatic carbocycles. The summed E-state index contributed by atoms with van der Waals surface area (Å²) in [6.07, 6.45) is 0. The molecule has 2 amide bonds. The Kier molecular flexibility index (Phi) is 8.93. The summed E-state index contributed by atoms with van der Waals surface area (Å²) < 4.78 is 5.15. The Bertz CT molecular complexity index is 1340. The largest absolute Gasteiger partial charge is 0.462 e. The van der Waals surface area contributed by atoms with Gasteiger partial charge in [-0.1, -0.05) is 35.9 Å². The number of esters is 1. The van der Waals surface area contributed by atoms with E-state index in [9.17, 15) is 14.4 Å². The second-order valence-corrected chi connectivity index (χ2v) is 9.36. The van der Waals surface area contributed by atoms with Gasteiger partial charge in [0, 0.05) is 42.3 Å². The summed E-state index contributed by atoms with van der Waals surface area (Å²) in [5.41, 5.74) is 2.68. The molecule has 38 heavy (non-hydrogen) atoms. The van der Waals surface area contributed by atoms with E-state index < -0.39 is 11.9 Å². The van der Waals surface area contributed by atoms with Crippen LogP contribution < -0.4 is 15.5 Å². The maximum absolute atomic E-state index is 12.9. The molecule has 0 unspecified atom stereocenters. The minimum absolute atomic E-state index is 0.00818. The highest BCUT2D eigenvalue weighted by Gasteiger charge is 2.24. The van der Waals surface area contributed by atoms with Crippen molar-refractivity contribution in [1.82, 2.24) is 10.2 Å². The van der Waals surface area contributed by atoms with Crippen LogP contribution in [-0.4, -0.2) is 60.6 Å². The van der Waals surface area contributed by atoms with Gasteiger partial charge in [0.25, 0.3) is 11.8 Å². The van der Waals surface area contributed by atoms with E-state index in [4.69, 9.17) is 28.6 Å². The predicted octanol–water partition coefficient (Wildman–Crippen LogP) is 4.61. The Morgan fingerprint density at radius 3 is 2.29 bits per heavy atom. The van der Waals surface area contributed by atoms with Crippen LogP contribution in [0.5, 0.6) is 0 Å². The average molecular weight is 551 g/mol. The van der Waals surface area contributed by atoms with Gasteiger partial charge in [0.05, 0.1) is 23.5 Å². The van der Waals surface area contributed by atoms with Crippen LogP contribution in [0.25, 0.3) is 0 Å². The van der Waals surface area contributed by atoms with Crippen molar-refractivity contribution in [1.29, 1.82) is 0 Å². The summed E-state index contributed by atoms with van der Waals surface area (Å²) in [5.74, 6) is -0.887. The van der Waals surface area contributed by atoms with Crippen molar-refractivity contribution in [2.24, 2.45) is 0 Å². The number of nitrogens with one attached hydrogen (secondary N) is 2. The number of benzene rings is 3. The van der Waals surface area contributed by atoms with Gasteiger partial charge in [-0.2, -0.15) is 0 Å². The third-order valence-corrected chi connectivity index (χ3v) is 6.44. The van der Waals surface area contributed by atoms with Crippen molar-refractivity contribution >= 4 is 58.1 Å². The molecule has 0 bridgehead atoms. The Balaban J connectivity index is 1.50. The molecule has 10 heteroatoms. The summed E-state index contributed by atoms with van der Waals surface area (Å²) in [6, 6.07) is 20.9. The summed E-state index contributed by atoms with van der Waals surface area (Å²) >= 11 is 11.4. The van der Waals surface area contributed by atoms with Crippen LogP contribution in [0.3, 0.4) is 0 Å². The highest BCUT2D eigenvalue weighted by atomic mass is 35.5. The highest BCUT2D eigenvalue weighted by Crippen LogP contribution is 2.29. The molecule has 0 radical (unpaired) electrons. The van der Waals surface area contributed by atoms with Crippen molar-refractivity contribution in [2.75, 3.05) is 43.0 Å². The maximum Gasteiger partial charge on any atom is 0.338 e. The number of carbonyl (C=O) groups excluding carboxylic acids is 3. The first kappa shape index (κ1) is 27.1. The van der Waals surface area contributed by atoms with E-state index in [1.807, 2.05) is 41.3 Å². The summed E-state index contributed by atoms with van der Waals surface area (Å²) in [6.45, 7) is 4.20. The number of thiocarbonyl (C=S) groups is 1. The first-order valence-corrected chi connectivity index (χ1v) is 12.9. The number of anilines is 2. The third kappa shape index (κ3) is 6.67. The van der Waals surface area contributed by atoms with Crippen molar-refractivity contribution in [3.63, 3.8) is 0 Å². The molecule has 196 valence electrons. The molecule has 0 saturated carbocycles. The number of piperazine rings is 1. The number of ether oxygens (including phenoxy) is 1. The van der Waals surface area contributed by atoms with Crippen molar-refractivity contribution in [3.05, 3.63) is 94.5 Å². The van der Waals surface area contributed by atoms with Crippen molar-refractivity contribution in [2.45, 2.75) is 6.92 Å². The SMILES string of the molecule is CCOC(=O)c1ccc(N2CCN(C(=O)c3ccccc3)CC2)c(NC(=S)NC(=O)c2cccc(Cl)c2)c1. The zero-order chi connectivity index (χ0) is 27.1. The van der Waals surface area contributed by atoms with E-state index in [2.05, 4.69) is 15.5 Å². The summed E-state index contributed by atoms with van der Waals surface area (Å²) in [4.78, 5) is 41.8. The average Bonchev–Trinajstić information content (AvgIpc) is 2.93. The molecule has 2 N–H and O–H groups in total. The lowest BCUT2D eigenvalue weighted by Gasteiger charge is -2.37. The minimum atomic E-state index is -0.464. The fourth-order valence-electron chi connectivity index (χ4n) is 4.13. The highest BCUT2D eigenvalue weighted by molar-refractivity contribution is 7.80. The van der Waals surface area contributed by atoms with E-state index in [0.717, 1.165) is 5.69 Å². The number of halogens is 1. The first-order valence-electron chi connectivity index (χ1n) is 12.1. The quantitative estimate of drug-likeness (QED) is 0.342. The Hall–Kier alpha value is -3.95. The molecule has 1 saturated heterocycles. The van der Waals surface area contributed by atoms with Crippen LogP contribution in [0.15, 0.2) is 72.8 Å². The van der Waals surface area contributed by atoms with Gasteiger partial charge in [-0.3, -0.25) is 14.9 Å². The third-order valence-electron chi connectivity index (χ3n) is 6.00. The number of nitrogens with zero attached hydrogens (tertiary/aromatic N) is 2. The molecule has 3 aromatic rings. The van der Waals surface area contributed by atoms with Gasteiger partial charge >= 0.3 is 5.97 Å². The standard InChI is InChI=1S/C28H27ClN4O4S/c1-2-37-27(36)21-11-12-24(32-13-15-33(16-14-32)26(35)19-7-4-3-5-8-19)23(18-21)30-28(38)31-25(34)20-9-6-10-22(29)17-20/h3-12,17-18H,2,13-16H2,1H3,(H2,30,31,34,38).